The van der Waals surface area contributed by atoms with Crippen molar-refractivity contribution in [3.05, 3.63) is 89.5 Å². The zero-order valence-electron chi connectivity index (χ0n) is 18.9. The van der Waals surface area contributed by atoms with Gasteiger partial charge in [-0.1, -0.05) is 24.3 Å². The minimum absolute atomic E-state index is 0.0585. The highest BCUT2D eigenvalue weighted by atomic mass is 32.2. The first-order valence-electron chi connectivity index (χ1n) is 10.5. The van der Waals surface area contributed by atoms with Crippen molar-refractivity contribution >= 4 is 27.4 Å². The smallest absolute Gasteiger partial charge is 0.261 e. The summed E-state index contributed by atoms with van der Waals surface area (Å²) in [5.74, 6) is 0.596. The Morgan fingerprint density at radius 1 is 0.971 bits per heavy atom. The molecule has 4 aromatic rings. The van der Waals surface area contributed by atoms with E-state index in [0.29, 0.717) is 28.5 Å². The molecule has 4 rings (SSSR count). The number of H-pyrrole nitrogens is 1. The number of amides is 1. The Hall–Kier alpha value is -4.11. The minimum Gasteiger partial charge on any atom is -0.496 e. The summed E-state index contributed by atoms with van der Waals surface area (Å²) in [5.41, 5.74) is 4.15. The second kappa shape index (κ2) is 9.40. The van der Waals surface area contributed by atoms with Gasteiger partial charge in [0.15, 0.2) is 5.82 Å². The number of aromatic nitrogens is 2. The van der Waals surface area contributed by atoms with Gasteiger partial charge in [0.1, 0.15) is 5.75 Å². The Morgan fingerprint density at radius 2 is 1.71 bits per heavy atom. The maximum Gasteiger partial charge on any atom is 0.261 e. The number of ether oxygens (including phenoxy) is 1. The fourth-order valence-corrected chi connectivity index (χ4v) is 4.55. The van der Waals surface area contributed by atoms with Crippen molar-refractivity contribution in [3.63, 3.8) is 0 Å². The predicted octanol–water partition coefficient (Wildman–Crippen LogP) is 4.76. The molecule has 0 radical (unpaired) electrons. The zero-order valence-corrected chi connectivity index (χ0v) is 19.7. The van der Waals surface area contributed by atoms with Gasteiger partial charge in [0, 0.05) is 17.2 Å². The third-order valence-corrected chi connectivity index (χ3v) is 6.87. The molecular formula is C25H24N4O4S. The third-order valence-electron chi connectivity index (χ3n) is 5.49. The van der Waals surface area contributed by atoms with Crippen molar-refractivity contribution in [2.45, 2.75) is 18.7 Å². The second-order valence-corrected chi connectivity index (χ2v) is 9.38. The van der Waals surface area contributed by atoms with E-state index >= 15 is 0 Å². The fourth-order valence-electron chi connectivity index (χ4n) is 3.43. The maximum absolute atomic E-state index is 12.8. The molecule has 174 valence electrons. The third kappa shape index (κ3) is 4.79. The molecule has 0 aliphatic rings. The van der Waals surface area contributed by atoms with E-state index in [1.54, 1.807) is 25.3 Å². The van der Waals surface area contributed by atoms with Crippen molar-refractivity contribution in [1.29, 1.82) is 0 Å². The molecule has 9 heteroatoms. The van der Waals surface area contributed by atoms with E-state index in [1.807, 2.05) is 44.2 Å². The Balaban J connectivity index is 1.47. The molecule has 1 amide bonds. The number of nitrogens with one attached hydrogen (secondary N) is 3. The Morgan fingerprint density at radius 3 is 2.44 bits per heavy atom. The van der Waals surface area contributed by atoms with Gasteiger partial charge in [-0.25, -0.2) is 8.42 Å². The van der Waals surface area contributed by atoms with Crippen molar-refractivity contribution in [1.82, 2.24) is 10.2 Å². The number of aromatic amines is 1. The van der Waals surface area contributed by atoms with Gasteiger partial charge in [-0.3, -0.25) is 14.6 Å². The molecule has 1 aromatic heterocycles. The van der Waals surface area contributed by atoms with E-state index in [2.05, 4.69) is 20.2 Å². The highest BCUT2D eigenvalue weighted by molar-refractivity contribution is 7.92. The van der Waals surface area contributed by atoms with Gasteiger partial charge >= 0.3 is 0 Å². The monoisotopic (exact) mass is 476 g/mol. The van der Waals surface area contributed by atoms with Gasteiger partial charge in [-0.05, 0) is 67.4 Å². The van der Waals surface area contributed by atoms with E-state index < -0.39 is 15.9 Å². The lowest BCUT2D eigenvalue weighted by Crippen LogP contribution is -2.15. The van der Waals surface area contributed by atoms with Crippen LogP contribution in [0.3, 0.4) is 0 Å². The van der Waals surface area contributed by atoms with E-state index in [-0.39, 0.29) is 4.90 Å². The number of anilines is 2. The molecule has 0 aliphatic heterocycles. The predicted molar refractivity (Wildman–Crippen MR) is 132 cm³/mol. The maximum atomic E-state index is 12.8. The average molecular weight is 477 g/mol. The van der Waals surface area contributed by atoms with Gasteiger partial charge in [-0.2, -0.15) is 5.10 Å². The molecule has 0 saturated carbocycles. The summed E-state index contributed by atoms with van der Waals surface area (Å²) < 4.78 is 33.5. The van der Waals surface area contributed by atoms with Crippen LogP contribution >= 0.6 is 0 Å². The summed E-state index contributed by atoms with van der Waals surface area (Å²) in [5, 5.41) is 9.73. The number of methoxy groups -OCH3 is 1. The van der Waals surface area contributed by atoms with Crippen LogP contribution in [0.2, 0.25) is 0 Å². The molecule has 0 aliphatic carbocycles. The van der Waals surface area contributed by atoms with Crippen LogP contribution in [0, 0.1) is 13.8 Å². The van der Waals surface area contributed by atoms with Gasteiger partial charge < -0.3 is 10.1 Å². The second-order valence-electron chi connectivity index (χ2n) is 7.70. The number of benzene rings is 3. The summed E-state index contributed by atoms with van der Waals surface area (Å²) in [7, 11) is -2.22. The lowest BCUT2D eigenvalue weighted by molar-refractivity contribution is 0.102. The van der Waals surface area contributed by atoms with Gasteiger partial charge in [-0.15, -0.1) is 0 Å². The number of sulfonamides is 1. The van der Waals surface area contributed by atoms with E-state index in [4.69, 9.17) is 4.74 Å². The molecule has 3 N–H and O–H groups in total. The number of carbonyl (C=O) groups excluding carboxylic acids is 1. The normalized spacial score (nSPS) is 11.1. The lowest BCUT2D eigenvalue weighted by atomic mass is 10.1. The molecular weight excluding hydrogens is 452 g/mol. The van der Waals surface area contributed by atoms with Crippen LogP contribution in [0.25, 0.3) is 11.3 Å². The van der Waals surface area contributed by atoms with Crippen molar-refractivity contribution < 1.29 is 17.9 Å². The van der Waals surface area contributed by atoms with Crippen LogP contribution in [0.1, 0.15) is 21.5 Å². The first-order chi connectivity index (χ1) is 16.3. The molecule has 0 bridgehead atoms. The fraction of sp³-hybridized carbons (Fsp3) is 0.120. The van der Waals surface area contributed by atoms with Crippen molar-refractivity contribution in [2.24, 2.45) is 0 Å². The van der Waals surface area contributed by atoms with Crippen molar-refractivity contribution in [3.8, 4) is 17.0 Å². The quantitative estimate of drug-likeness (QED) is 0.356. The number of carbonyl (C=O) groups is 1. The molecule has 0 spiro atoms. The Kier molecular flexibility index (Phi) is 6.38. The molecule has 1 heterocycles. The van der Waals surface area contributed by atoms with Crippen LogP contribution < -0.4 is 14.8 Å². The summed E-state index contributed by atoms with van der Waals surface area (Å²) in [6.45, 7) is 3.77. The molecule has 0 fully saturated rings. The van der Waals surface area contributed by atoms with Gasteiger partial charge in [0.25, 0.3) is 15.9 Å². The van der Waals surface area contributed by atoms with E-state index in [0.717, 1.165) is 16.7 Å². The van der Waals surface area contributed by atoms with Crippen LogP contribution in [0.4, 0.5) is 11.5 Å². The van der Waals surface area contributed by atoms with E-state index in [9.17, 15) is 13.2 Å². The highest BCUT2D eigenvalue weighted by Crippen LogP contribution is 2.29. The summed E-state index contributed by atoms with van der Waals surface area (Å²) in [4.78, 5) is 12.7. The SMILES string of the molecule is COc1ccccc1-c1cc(NC(=O)c2ccc(S(=O)(=O)Nc3cccc(C)c3C)cc2)n[nH]1. The van der Waals surface area contributed by atoms with Crippen molar-refractivity contribution in [2.75, 3.05) is 17.1 Å². The lowest BCUT2D eigenvalue weighted by Gasteiger charge is -2.12. The van der Waals surface area contributed by atoms with Gasteiger partial charge in [0.05, 0.1) is 23.4 Å². The molecule has 8 nitrogen and oxygen atoms in total. The molecule has 34 heavy (non-hydrogen) atoms. The molecule has 0 atom stereocenters. The average Bonchev–Trinajstić information content (AvgIpc) is 3.30. The summed E-state index contributed by atoms with van der Waals surface area (Å²) in [6.07, 6.45) is 0. The number of nitrogens with zero attached hydrogens (tertiary/aromatic N) is 1. The molecule has 3 aromatic carbocycles. The summed E-state index contributed by atoms with van der Waals surface area (Å²) in [6, 6.07) is 20.3. The number of aryl methyl sites for hydroxylation is 1. The molecule has 0 saturated heterocycles. The van der Waals surface area contributed by atoms with Crippen LogP contribution in [0.15, 0.2) is 77.7 Å². The summed E-state index contributed by atoms with van der Waals surface area (Å²) >= 11 is 0. The Bertz CT molecular complexity index is 1440. The minimum atomic E-state index is -3.80. The number of hydrogen-bond donors (Lipinski definition) is 3. The zero-order chi connectivity index (χ0) is 24.3. The highest BCUT2D eigenvalue weighted by Gasteiger charge is 2.17. The number of hydrogen-bond acceptors (Lipinski definition) is 5. The largest absolute Gasteiger partial charge is 0.496 e. The number of para-hydroxylation sites is 1. The van der Waals surface area contributed by atoms with E-state index in [1.165, 1.54) is 24.3 Å². The van der Waals surface area contributed by atoms with Gasteiger partial charge in [0.2, 0.25) is 0 Å². The first-order valence-corrected chi connectivity index (χ1v) is 12.0. The Labute approximate surface area is 198 Å². The topological polar surface area (TPSA) is 113 Å². The molecule has 0 unspecified atom stereocenters. The first kappa shape index (κ1) is 23.1. The standard InChI is InChI=1S/C25H24N4O4S/c1-16-7-6-9-21(17(16)2)29-34(31,32)19-13-11-18(12-14-19)25(30)26-24-15-22(27-28-24)20-8-4-5-10-23(20)33-3/h4-15,29H,1-3H3,(H2,26,27,28,30). The number of rotatable bonds is 7. The van der Waals surface area contributed by atoms with Crippen LogP contribution in [-0.4, -0.2) is 31.6 Å². The van der Waals surface area contributed by atoms with Crippen LogP contribution in [0.5, 0.6) is 5.75 Å². The van der Waals surface area contributed by atoms with Crippen LogP contribution in [-0.2, 0) is 10.0 Å².